The van der Waals surface area contributed by atoms with Crippen molar-refractivity contribution in [1.29, 1.82) is 0 Å². The maximum atomic E-state index is 11.9. The van der Waals surface area contributed by atoms with Gasteiger partial charge in [0.05, 0.1) is 14.3 Å². The van der Waals surface area contributed by atoms with Gasteiger partial charge < -0.3 is 4.84 Å². The monoisotopic (exact) mass is 306 g/mol. The van der Waals surface area contributed by atoms with Crippen LogP contribution in [0.25, 0.3) is 0 Å². The number of rotatable bonds is 5. The second kappa shape index (κ2) is 6.29. The molecule has 2 fully saturated rings. The van der Waals surface area contributed by atoms with Gasteiger partial charge in [0.15, 0.2) is 0 Å². The maximum absolute atomic E-state index is 11.9. The van der Waals surface area contributed by atoms with Gasteiger partial charge in [0.1, 0.15) is 0 Å². The van der Waals surface area contributed by atoms with Crippen molar-refractivity contribution < 1.29 is 28.8 Å². The summed E-state index contributed by atoms with van der Waals surface area (Å²) in [5, 5.41) is 0.343. The van der Waals surface area contributed by atoms with Gasteiger partial charge in [0, 0.05) is 31.1 Å². The van der Waals surface area contributed by atoms with Gasteiger partial charge >= 0.3 is 5.97 Å². The van der Waals surface area contributed by atoms with Crippen LogP contribution < -0.4 is 0 Å². The van der Waals surface area contributed by atoms with Crippen LogP contribution in [0.1, 0.15) is 32.6 Å². The summed E-state index contributed by atoms with van der Waals surface area (Å²) in [7, 11) is 5.37. The Bertz CT molecular complexity index is 549. The highest BCUT2D eigenvalue weighted by molar-refractivity contribution is 6.29. The van der Waals surface area contributed by atoms with E-state index >= 15 is 0 Å². The average Bonchev–Trinajstić information content (AvgIpc) is 2.87. The first-order valence-corrected chi connectivity index (χ1v) is 7.02. The van der Waals surface area contributed by atoms with Crippen molar-refractivity contribution in [2.75, 3.05) is 6.54 Å². The van der Waals surface area contributed by atoms with E-state index in [9.17, 15) is 24.0 Å². The molecular weight excluding hydrogens is 291 g/mol. The highest BCUT2D eigenvalue weighted by Gasteiger charge is 2.40. The van der Waals surface area contributed by atoms with Gasteiger partial charge in [-0.2, -0.15) is 0 Å². The lowest BCUT2D eigenvalue weighted by atomic mass is 9.86. The Balaban J connectivity index is 1.86. The zero-order chi connectivity index (χ0) is 16.4. The van der Waals surface area contributed by atoms with Crippen molar-refractivity contribution in [1.82, 2.24) is 9.96 Å². The SMILES string of the molecule is [B]C1CC(=O)N(OC(=O)CCN2C(=O)CC(CC)C2=O)C1=O. The van der Waals surface area contributed by atoms with E-state index in [-0.39, 0.29) is 43.5 Å². The van der Waals surface area contributed by atoms with Crippen LogP contribution in [0, 0.1) is 5.92 Å². The minimum atomic E-state index is -1.01. The van der Waals surface area contributed by atoms with E-state index in [1.165, 1.54) is 0 Å². The van der Waals surface area contributed by atoms with E-state index in [4.69, 9.17) is 7.85 Å². The number of carbonyl (C=O) groups excluding carboxylic acids is 5. The minimum Gasteiger partial charge on any atom is -0.330 e. The summed E-state index contributed by atoms with van der Waals surface area (Å²) in [6.45, 7) is 1.68. The standard InChI is InChI=1S/C13H15BN2O6/c1-2-7-5-9(17)15(12(7)20)4-3-11(19)22-16-10(18)6-8(14)13(16)21/h7-8H,2-6H2,1H3. The topological polar surface area (TPSA) is 101 Å². The minimum absolute atomic E-state index is 0.130. The molecule has 0 spiro atoms. The second-order valence-corrected chi connectivity index (χ2v) is 5.24. The van der Waals surface area contributed by atoms with E-state index in [1.54, 1.807) is 6.92 Å². The van der Waals surface area contributed by atoms with Gasteiger partial charge in [-0.05, 0) is 6.42 Å². The Kier molecular flexibility index (Phi) is 4.63. The van der Waals surface area contributed by atoms with Gasteiger partial charge in [-0.15, -0.1) is 5.06 Å². The Morgan fingerprint density at radius 2 is 1.86 bits per heavy atom. The molecule has 2 rings (SSSR count). The van der Waals surface area contributed by atoms with Crippen molar-refractivity contribution in [3.05, 3.63) is 0 Å². The summed E-state index contributed by atoms with van der Waals surface area (Å²) in [5.41, 5.74) is 0. The van der Waals surface area contributed by atoms with Crippen molar-refractivity contribution >= 4 is 37.4 Å². The molecule has 0 saturated carbocycles. The summed E-state index contributed by atoms with van der Waals surface area (Å²) < 4.78 is 0. The first-order chi connectivity index (χ1) is 10.3. The number of hydrogen-bond acceptors (Lipinski definition) is 6. The van der Waals surface area contributed by atoms with Crippen LogP contribution in [0.2, 0.25) is 5.82 Å². The lowest BCUT2D eigenvalue weighted by molar-refractivity contribution is -0.197. The highest BCUT2D eigenvalue weighted by atomic mass is 16.7. The molecule has 0 aliphatic carbocycles. The van der Waals surface area contributed by atoms with Crippen LogP contribution in [-0.2, 0) is 28.8 Å². The summed E-state index contributed by atoms with van der Waals surface area (Å²) in [5.74, 6) is -4.34. The maximum Gasteiger partial charge on any atom is 0.335 e. The van der Waals surface area contributed by atoms with Gasteiger partial charge in [-0.1, -0.05) is 6.92 Å². The van der Waals surface area contributed by atoms with Crippen LogP contribution in [0.3, 0.4) is 0 Å². The number of hydroxylamine groups is 2. The van der Waals surface area contributed by atoms with Crippen molar-refractivity contribution in [3.8, 4) is 0 Å². The molecule has 8 nitrogen and oxygen atoms in total. The molecule has 0 aromatic rings. The van der Waals surface area contributed by atoms with E-state index in [1.807, 2.05) is 0 Å². The number of likely N-dealkylation sites (tertiary alicyclic amines) is 1. The Labute approximate surface area is 128 Å². The summed E-state index contributed by atoms with van der Waals surface area (Å²) in [4.78, 5) is 63.8. The third-order valence-electron chi connectivity index (χ3n) is 3.70. The molecule has 9 heteroatoms. The number of nitrogens with zero attached hydrogens (tertiary/aromatic N) is 2. The second-order valence-electron chi connectivity index (χ2n) is 5.24. The molecule has 2 unspecified atom stereocenters. The normalized spacial score (nSPS) is 25.3. The predicted molar refractivity (Wildman–Crippen MR) is 71.8 cm³/mol. The van der Waals surface area contributed by atoms with E-state index in [2.05, 4.69) is 4.84 Å². The molecule has 116 valence electrons. The van der Waals surface area contributed by atoms with Crippen LogP contribution in [0.5, 0.6) is 0 Å². The van der Waals surface area contributed by atoms with Crippen LogP contribution in [0.15, 0.2) is 0 Å². The molecule has 0 aromatic carbocycles. The fraction of sp³-hybridized carbons (Fsp3) is 0.615. The van der Waals surface area contributed by atoms with E-state index < -0.39 is 23.6 Å². The molecule has 0 bridgehead atoms. The van der Waals surface area contributed by atoms with E-state index in [0.717, 1.165) is 4.90 Å². The Morgan fingerprint density at radius 3 is 2.36 bits per heavy atom. The molecule has 2 radical (unpaired) electrons. The van der Waals surface area contributed by atoms with Crippen molar-refractivity contribution in [2.45, 2.75) is 38.4 Å². The summed E-state index contributed by atoms with van der Waals surface area (Å²) >= 11 is 0. The molecule has 2 saturated heterocycles. The first-order valence-electron chi connectivity index (χ1n) is 7.02. The van der Waals surface area contributed by atoms with Crippen LogP contribution in [-0.4, -0.2) is 54.0 Å². The van der Waals surface area contributed by atoms with E-state index in [0.29, 0.717) is 11.5 Å². The highest BCUT2D eigenvalue weighted by Crippen LogP contribution is 2.24. The van der Waals surface area contributed by atoms with Crippen molar-refractivity contribution in [2.24, 2.45) is 5.92 Å². The molecule has 2 atom stereocenters. The predicted octanol–water partition coefficient (Wildman–Crippen LogP) is -0.664. The molecule has 22 heavy (non-hydrogen) atoms. The molecule has 2 aliphatic rings. The summed E-state index contributed by atoms with van der Waals surface area (Å²) in [6.07, 6.45) is 0.191. The molecule has 0 N–H and O–H groups in total. The zero-order valence-corrected chi connectivity index (χ0v) is 12.1. The fourth-order valence-electron chi connectivity index (χ4n) is 2.38. The van der Waals surface area contributed by atoms with Crippen molar-refractivity contribution in [3.63, 3.8) is 0 Å². The quantitative estimate of drug-likeness (QED) is 0.493. The number of hydrogen-bond donors (Lipinski definition) is 0. The van der Waals surface area contributed by atoms with Crippen LogP contribution >= 0.6 is 0 Å². The largest absolute Gasteiger partial charge is 0.335 e. The molecular formula is C13H15BN2O6. The number of carbonyl (C=O) groups is 5. The van der Waals surface area contributed by atoms with Gasteiger partial charge in [0.2, 0.25) is 11.8 Å². The summed E-state index contributed by atoms with van der Waals surface area (Å²) in [6, 6.07) is 0. The molecule has 4 amide bonds. The smallest absolute Gasteiger partial charge is 0.330 e. The molecule has 2 aliphatic heterocycles. The Hall–Kier alpha value is -2.19. The van der Waals surface area contributed by atoms with Gasteiger partial charge in [-0.3, -0.25) is 24.1 Å². The zero-order valence-electron chi connectivity index (χ0n) is 12.1. The lowest BCUT2D eigenvalue weighted by Crippen LogP contribution is -2.36. The first kappa shape index (κ1) is 16.2. The fourth-order valence-corrected chi connectivity index (χ4v) is 2.38. The lowest BCUT2D eigenvalue weighted by Gasteiger charge is -2.16. The van der Waals surface area contributed by atoms with Crippen LogP contribution in [0.4, 0.5) is 0 Å². The average molecular weight is 306 g/mol. The van der Waals surface area contributed by atoms with Gasteiger partial charge in [-0.25, -0.2) is 4.79 Å². The van der Waals surface area contributed by atoms with Gasteiger partial charge in [0.25, 0.3) is 11.8 Å². The molecule has 2 heterocycles. The third kappa shape index (κ3) is 3.02. The third-order valence-corrected chi connectivity index (χ3v) is 3.70. The Morgan fingerprint density at radius 1 is 1.18 bits per heavy atom. The number of imide groups is 2. The number of amides is 4. The molecule has 0 aromatic heterocycles.